The van der Waals surface area contributed by atoms with Crippen LogP contribution in [-0.2, 0) is 16.0 Å². The lowest BCUT2D eigenvalue weighted by molar-refractivity contribution is -0.137. The molecule has 1 aromatic heterocycles. The third-order valence-corrected chi connectivity index (χ3v) is 4.51. The number of alkyl halides is 3. The Balaban J connectivity index is 2.30. The highest BCUT2D eigenvalue weighted by Crippen LogP contribution is 2.35. The smallest absolute Gasteiger partial charge is 0.338 e. The molecule has 1 N–H and O–H groups in total. The third kappa shape index (κ3) is 2.94. The monoisotopic (exact) mass is 340 g/mol. The van der Waals surface area contributed by atoms with Crippen molar-refractivity contribution in [3.63, 3.8) is 0 Å². The van der Waals surface area contributed by atoms with Crippen molar-refractivity contribution in [1.29, 1.82) is 0 Å². The summed E-state index contributed by atoms with van der Waals surface area (Å²) in [5, 5.41) is 0. The molecule has 0 aliphatic heterocycles. The SMILES string of the molecule is CS(=O)(=O)c1ccc(C(F)(F)F)cc1-c1nc2ccccc2[nH]1. The zero-order chi connectivity index (χ0) is 16.8. The van der Waals surface area contributed by atoms with Crippen molar-refractivity contribution in [2.24, 2.45) is 0 Å². The number of halogens is 3. The van der Waals surface area contributed by atoms with E-state index in [0.29, 0.717) is 11.0 Å². The molecule has 0 unspecified atom stereocenters. The van der Waals surface area contributed by atoms with Gasteiger partial charge in [-0.25, -0.2) is 13.4 Å². The molecule has 0 saturated carbocycles. The van der Waals surface area contributed by atoms with Crippen molar-refractivity contribution in [3.05, 3.63) is 48.0 Å². The number of imidazole rings is 1. The number of fused-ring (bicyclic) bond motifs is 1. The van der Waals surface area contributed by atoms with Crippen LogP contribution in [0.4, 0.5) is 13.2 Å². The lowest BCUT2D eigenvalue weighted by atomic mass is 10.1. The summed E-state index contributed by atoms with van der Waals surface area (Å²) in [6, 6.07) is 9.38. The van der Waals surface area contributed by atoms with Gasteiger partial charge in [0, 0.05) is 11.8 Å². The number of hydrogen-bond donors (Lipinski definition) is 1. The number of rotatable bonds is 2. The molecule has 120 valence electrons. The molecule has 3 rings (SSSR count). The van der Waals surface area contributed by atoms with Crippen molar-refractivity contribution in [3.8, 4) is 11.4 Å². The topological polar surface area (TPSA) is 62.8 Å². The summed E-state index contributed by atoms with van der Waals surface area (Å²) < 4.78 is 62.6. The Morgan fingerprint density at radius 1 is 1.09 bits per heavy atom. The van der Waals surface area contributed by atoms with Crippen LogP contribution in [0, 0.1) is 0 Å². The molecule has 0 amide bonds. The van der Waals surface area contributed by atoms with Crippen molar-refractivity contribution in [2.75, 3.05) is 6.26 Å². The minimum Gasteiger partial charge on any atom is -0.338 e. The lowest BCUT2D eigenvalue weighted by Crippen LogP contribution is -2.08. The summed E-state index contributed by atoms with van der Waals surface area (Å²) >= 11 is 0. The fraction of sp³-hybridized carbons (Fsp3) is 0.133. The van der Waals surface area contributed by atoms with Crippen LogP contribution in [0.15, 0.2) is 47.4 Å². The van der Waals surface area contributed by atoms with Crippen LogP contribution in [0.5, 0.6) is 0 Å². The number of para-hydroxylation sites is 2. The van der Waals surface area contributed by atoms with E-state index in [1.165, 1.54) is 0 Å². The number of nitrogens with one attached hydrogen (secondary N) is 1. The molecule has 0 radical (unpaired) electrons. The maximum Gasteiger partial charge on any atom is 0.416 e. The Labute approximate surface area is 129 Å². The average molecular weight is 340 g/mol. The number of hydrogen-bond acceptors (Lipinski definition) is 3. The standard InChI is InChI=1S/C15H11F3N2O2S/c1-23(21,22)13-7-6-9(15(16,17)18)8-10(13)14-19-11-4-2-3-5-12(11)20-14/h2-8H,1H3,(H,19,20). The van der Waals surface area contributed by atoms with Crippen LogP contribution in [0.25, 0.3) is 22.4 Å². The first-order valence-electron chi connectivity index (χ1n) is 6.53. The number of nitrogens with zero attached hydrogens (tertiary/aromatic N) is 1. The van der Waals surface area contributed by atoms with Gasteiger partial charge in [-0.1, -0.05) is 12.1 Å². The van der Waals surface area contributed by atoms with Gasteiger partial charge in [0.15, 0.2) is 9.84 Å². The summed E-state index contributed by atoms with van der Waals surface area (Å²) in [6.07, 6.45) is -3.63. The lowest BCUT2D eigenvalue weighted by Gasteiger charge is -2.11. The quantitative estimate of drug-likeness (QED) is 0.774. The van der Waals surface area contributed by atoms with Crippen LogP contribution >= 0.6 is 0 Å². The minimum atomic E-state index is -4.57. The Morgan fingerprint density at radius 3 is 2.39 bits per heavy atom. The van der Waals surface area contributed by atoms with Gasteiger partial charge < -0.3 is 4.98 Å². The summed E-state index contributed by atoms with van der Waals surface area (Å²) in [5.74, 6) is 0.0812. The van der Waals surface area contributed by atoms with Gasteiger partial charge in [-0.05, 0) is 30.3 Å². The highest BCUT2D eigenvalue weighted by atomic mass is 32.2. The van der Waals surface area contributed by atoms with Crippen LogP contribution < -0.4 is 0 Å². The second-order valence-electron chi connectivity index (χ2n) is 5.08. The van der Waals surface area contributed by atoms with Crippen molar-refractivity contribution in [2.45, 2.75) is 11.1 Å². The van der Waals surface area contributed by atoms with Gasteiger partial charge in [0.25, 0.3) is 0 Å². The van der Waals surface area contributed by atoms with Gasteiger partial charge in [0.05, 0.1) is 21.5 Å². The molecule has 0 spiro atoms. The Bertz CT molecular complexity index is 958. The van der Waals surface area contributed by atoms with E-state index in [2.05, 4.69) is 9.97 Å². The van der Waals surface area contributed by atoms with Gasteiger partial charge in [-0.15, -0.1) is 0 Å². The molecule has 0 fully saturated rings. The van der Waals surface area contributed by atoms with E-state index in [0.717, 1.165) is 24.5 Å². The van der Waals surface area contributed by atoms with Gasteiger partial charge in [0.2, 0.25) is 0 Å². The zero-order valence-electron chi connectivity index (χ0n) is 11.8. The fourth-order valence-electron chi connectivity index (χ4n) is 2.30. The van der Waals surface area contributed by atoms with Gasteiger partial charge >= 0.3 is 6.18 Å². The molecule has 0 atom stereocenters. The van der Waals surface area contributed by atoms with E-state index in [1.54, 1.807) is 24.3 Å². The molecule has 0 saturated heterocycles. The average Bonchev–Trinajstić information content (AvgIpc) is 2.88. The first-order chi connectivity index (χ1) is 10.7. The number of sulfone groups is 1. The maximum atomic E-state index is 12.9. The Hall–Kier alpha value is -2.35. The second-order valence-corrected chi connectivity index (χ2v) is 7.07. The third-order valence-electron chi connectivity index (χ3n) is 3.35. The highest BCUT2D eigenvalue weighted by Gasteiger charge is 2.32. The van der Waals surface area contributed by atoms with E-state index in [-0.39, 0.29) is 16.3 Å². The normalized spacial score (nSPS) is 12.7. The molecule has 3 aromatic rings. The number of benzene rings is 2. The van der Waals surface area contributed by atoms with Crippen molar-refractivity contribution < 1.29 is 21.6 Å². The van der Waals surface area contributed by atoms with E-state index < -0.39 is 21.6 Å². The number of H-pyrrole nitrogens is 1. The van der Waals surface area contributed by atoms with Crippen molar-refractivity contribution in [1.82, 2.24) is 9.97 Å². The molecule has 0 aliphatic carbocycles. The van der Waals surface area contributed by atoms with Crippen LogP contribution in [-0.4, -0.2) is 24.6 Å². The van der Waals surface area contributed by atoms with Gasteiger partial charge in [0.1, 0.15) is 5.82 Å². The molecular formula is C15H11F3N2O2S. The highest BCUT2D eigenvalue weighted by molar-refractivity contribution is 7.90. The molecule has 4 nitrogen and oxygen atoms in total. The molecule has 23 heavy (non-hydrogen) atoms. The maximum absolute atomic E-state index is 12.9. The number of aromatic nitrogens is 2. The summed E-state index contributed by atoms with van der Waals surface area (Å²) in [6.45, 7) is 0. The number of aromatic amines is 1. The fourth-order valence-corrected chi connectivity index (χ4v) is 3.17. The van der Waals surface area contributed by atoms with Gasteiger partial charge in [-0.2, -0.15) is 13.2 Å². The molecule has 8 heteroatoms. The predicted octanol–water partition coefficient (Wildman–Crippen LogP) is 3.65. The van der Waals surface area contributed by atoms with Crippen molar-refractivity contribution >= 4 is 20.9 Å². The first-order valence-corrected chi connectivity index (χ1v) is 8.42. The van der Waals surface area contributed by atoms with Crippen LogP contribution in [0.2, 0.25) is 0 Å². The Kier molecular flexibility index (Phi) is 3.44. The van der Waals surface area contributed by atoms with Crippen LogP contribution in [0.3, 0.4) is 0 Å². The van der Waals surface area contributed by atoms with Gasteiger partial charge in [-0.3, -0.25) is 0 Å². The molecule has 1 heterocycles. The van der Waals surface area contributed by atoms with E-state index in [4.69, 9.17) is 0 Å². The largest absolute Gasteiger partial charge is 0.416 e. The zero-order valence-corrected chi connectivity index (χ0v) is 12.7. The van der Waals surface area contributed by atoms with Crippen LogP contribution in [0.1, 0.15) is 5.56 Å². The van der Waals surface area contributed by atoms with E-state index >= 15 is 0 Å². The molecular weight excluding hydrogens is 329 g/mol. The second kappa shape index (κ2) is 5.09. The van der Waals surface area contributed by atoms with E-state index in [9.17, 15) is 21.6 Å². The molecule has 2 aromatic carbocycles. The summed E-state index contributed by atoms with van der Waals surface area (Å²) in [4.78, 5) is 6.85. The summed E-state index contributed by atoms with van der Waals surface area (Å²) in [7, 11) is -3.71. The van der Waals surface area contributed by atoms with E-state index in [1.807, 2.05) is 0 Å². The Morgan fingerprint density at radius 2 is 1.78 bits per heavy atom. The molecule has 0 bridgehead atoms. The minimum absolute atomic E-state index is 0.0812. The first kappa shape index (κ1) is 15.5. The predicted molar refractivity (Wildman–Crippen MR) is 79.6 cm³/mol. The molecule has 0 aliphatic rings. The summed E-state index contributed by atoms with van der Waals surface area (Å²) in [5.41, 5.74) is 0.123.